The molecule has 3 aliphatic rings. The van der Waals surface area contributed by atoms with E-state index in [4.69, 9.17) is 14.2 Å². The summed E-state index contributed by atoms with van der Waals surface area (Å²) in [5, 5.41) is 0. The van der Waals surface area contributed by atoms with Gasteiger partial charge in [0.05, 0.1) is 15.2 Å². The first-order valence-corrected chi connectivity index (χ1v) is 17.6. The molecule has 0 N–H and O–H groups in total. The Morgan fingerprint density at radius 3 is 1.67 bits per heavy atom. The molecule has 0 atom stereocenters. The number of fused-ring (bicyclic) bond motifs is 7. The fourth-order valence-electron chi connectivity index (χ4n) is 6.86. The summed E-state index contributed by atoms with van der Waals surface area (Å²) in [4.78, 5) is 2.28. The van der Waals surface area contributed by atoms with Crippen LogP contribution in [-0.4, -0.2) is 0 Å². The predicted octanol–water partition coefficient (Wildman–Crippen LogP) is 13.1. The van der Waals surface area contributed by atoms with Gasteiger partial charge in [-0.05, 0) is 76.7 Å². The second-order valence-electron chi connectivity index (χ2n) is 11.3. The molecule has 238 valence electrons. The van der Waals surface area contributed by atoms with Gasteiger partial charge in [0, 0.05) is 5.56 Å². The summed E-state index contributed by atoms with van der Waals surface area (Å²) in [5.41, 5.74) is 7.24. The molecule has 0 amide bonds. The molecule has 4 heteroatoms. The number of rotatable bonds is 2. The molecule has 6 aromatic carbocycles. The molecular weight excluding hydrogens is 609 g/mol. The average molecular weight is 647 g/mol. The van der Waals surface area contributed by atoms with Crippen molar-refractivity contribution in [2.24, 2.45) is 0 Å². The first-order valence-electron chi connectivity index (χ1n) is 16.8. The van der Waals surface area contributed by atoms with Crippen molar-refractivity contribution < 1.29 is 14.2 Å². The smallest absolute Gasteiger partial charge is 0.170 e. The first-order chi connectivity index (χ1) is 23.7. The van der Waals surface area contributed by atoms with Crippen molar-refractivity contribution >= 4 is 23.9 Å². The van der Waals surface area contributed by atoms with Crippen LogP contribution in [0.3, 0.4) is 0 Å². The van der Waals surface area contributed by atoms with Gasteiger partial charge in [0.1, 0.15) is 11.5 Å². The summed E-state index contributed by atoms with van der Waals surface area (Å²) in [6.45, 7) is 10.2. The Morgan fingerprint density at radius 1 is 0.500 bits per heavy atom. The predicted molar refractivity (Wildman–Crippen MR) is 198 cm³/mol. The third-order valence-corrected chi connectivity index (χ3v) is 10.1. The standard InChI is InChI=1S/C40H26O3S.2C2H6/c1-25-22-31-29(38-39(25)44-37-19-11-10-18-34(37)43-38)21-20-26-23-35-36(42-33-17-9-8-16-32(33)41-35)24-30(26)40(31,27-12-4-2-5-13-27)28-14-6-3-7-15-28;2*1-2/h2-24H,1H3;2*1-2H3. The summed E-state index contributed by atoms with van der Waals surface area (Å²) < 4.78 is 19.7. The Labute approximate surface area is 287 Å². The molecule has 0 unspecified atom stereocenters. The number of hydrogen-bond donors (Lipinski definition) is 0. The topological polar surface area (TPSA) is 27.7 Å². The molecule has 0 bridgehead atoms. The van der Waals surface area contributed by atoms with Crippen molar-refractivity contribution in [3.8, 4) is 34.5 Å². The zero-order valence-electron chi connectivity index (χ0n) is 27.9. The largest absolute Gasteiger partial charge is 0.454 e. The van der Waals surface area contributed by atoms with Crippen molar-refractivity contribution in [2.75, 3.05) is 0 Å². The van der Waals surface area contributed by atoms with Gasteiger partial charge in [-0.15, -0.1) is 0 Å². The van der Waals surface area contributed by atoms with E-state index in [-0.39, 0.29) is 0 Å². The van der Waals surface area contributed by atoms with E-state index in [1.165, 1.54) is 11.1 Å². The molecule has 48 heavy (non-hydrogen) atoms. The maximum absolute atomic E-state index is 6.80. The number of benzene rings is 6. The SMILES string of the molecule is CC.CC.Cc1cc2c(c3c1Sc1ccccc1O3)C=Cc1cc3c(cc1C2(c1ccccc1)c1ccccc1)Oc1ccccc1O3. The minimum atomic E-state index is -0.684. The molecule has 9 rings (SSSR count). The van der Waals surface area contributed by atoms with Crippen molar-refractivity contribution in [1.29, 1.82) is 0 Å². The maximum atomic E-state index is 6.80. The van der Waals surface area contributed by atoms with Gasteiger partial charge in [-0.25, -0.2) is 0 Å². The van der Waals surface area contributed by atoms with E-state index < -0.39 is 5.41 Å². The molecule has 0 saturated carbocycles. The van der Waals surface area contributed by atoms with Crippen LogP contribution in [0, 0.1) is 6.92 Å². The number of para-hydroxylation sites is 3. The van der Waals surface area contributed by atoms with Gasteiger partial charge in [-0.2, -0.15) is 0 Å². The van der Waals surface area contributed by atoms with E-state index in [0.717, 1.165) is 49.1 Å². The molecule has 3 nitrogen and oxygen atoms in total. The summed E-state index contributed by atoms with van der Waals surface area (Å²) >= 11 is 1.78. The van der Waals surface area contributed by atoms with Gasteiger partial charge >= 0.3 is 0 Å². The highest BCUT2D eigenvalue weighted by Gasteiger charge is 2.44. The van der Waals surface area contributed by atoms with Crippen LogP contribution < -0.4 is 14.2 Å². The third kappa shape index (κ3) is 4.99. The Morgan fingerprint density at radius 2 is 1.04 bits per heavy atom. The lowest BCUT2D eigenvalue weighted by Crippen LogP contribution is -2.32. The zero-order chi connectivity index (χ0) is 33.3. The Kier molecular flexibility index (Phi) is 8.60. The minimum Gasteiger partial charge on any atom is -0.454 e. The van der Waals surface area contributed by atoms with Crippen LogP contribution in [0.4, 0.5) is 0 Å². The van der Waals surface area contributed by atoms with E-state index in [2.05, 4.69) is 116 Å². The minimum absolute atomic E-state index is 0.684. The Balaban J connectivity index is 0.000000880. The molecule has 0 radical (unpaired) electrons. The quantitative estimate of drug-likeness (QED) is 0.187. The number of ether oxygens (including phenoxy) is 3. The molecule has 0 spiro atoms. The van der Waals surface area contributed by atoms with E-state index in [1.54, 1.807) is 11.8 Å². The van der Waals surface area contributed by atoms with Crippen LogP contribution in [-0.2, 0) is 5.41 Å². The molecule has 2 aliphatic heterocycles. The Hall–Kier alpha value is -5.19. The van der Waals surface area contributed by atoms with Crippen LogP contribution in [0.15, 0.2) is 137 Å². The van der Waals surface area contributed by atoms with E-state index in [0.29, 0.717) is 23.0 Å². The summed E-state index contributed by atoms with van der Waals surface area (Å²) in [5.74, 6) is 4.61. The van der Waals surface area contributed by atoms with Gasteiger partial charge in [-0.1, -0.05) is 143 Å². The van der Waals surface area contributed by atoms with Crippen molar-refractivity contribution in [3.63, 3.8) is 0 Å². The molecule has 0 fully saturated rings. The van der Waals surface area contributed by atoms with Crippen LogP contribution in [0.1, 0.15) is 66.6 Å². The molecule has 1 aliphatic carbocycles. The second-order valence-corrected chi connectivity index (χ2v) is 12.4. The van der Waals surface area contributed by atoms with Crippen LogP contribution >= 0.6 is 11.8 Å². The molecule has 0 aromatic heterocycles. The van der Waals surface area contributed by atoms with Crippen molar-refractivity contribution in [1.82, 2.24) is 0 Å². The van der Waals surface area contributed by atoms with Gasteiger partial charge < -0.3 is 14.2 Å². The fraction of sp³-hybridized carbons (Fsp3) is 0.136. The third-order valence-electron chi connectivity index (χ3n) is 8.79. The highest BCUT2D eigenvalue weighted by Crippen LogP contribution is 2.58. The maximum Gasteiger partial charge on any atom is 0.170 e. The van der Waals surface area contributed by atoms with Gasteiger partial charge in [0.2, 0.25) is 0 Å². The molecule has 6 aromatic rings. The van der Waals surface area contributed by atoms with Gasteiger partial charge in [0.15, 0.2) is 23.0 Å². The van der Waals surface area contributed by atoms with Gasteiger partial charge in [-0.3, -0.25) is 0 Å². The van der Waals surface area contributed by atoms with E-state index in [9.17, 15) is 0 Å². The lowest BCUT2D eigenvalue weighted by molar-refractivity contribution is 0.358. The first kappa shape index (κ1) is 31.4. The van der Waals surface area contributed by atoms with Crippen molar-refractivity contribution in [3.05, 3.63) is 166 Å². The number of aryl methyl sites for hydroxylation is 1. The van der Waals surface area contributed by atoms with Crippen LogP contribution in [0.2, 0.25) is 0 Å². The van der Waals surface area contributed by atoms with E-state index in [1.807, 2.05) is 58.0 Å². The van der Waals surface area contributed by atoms with Crippen LogP contribution in [0.5, 0.6) is 34.5 Å². The normalized spacial score (nSPS) is 13.6. The summed E-state index contributed by atoms with van der Waals surface area (Å²) in [6, 6.07) is 44.3. The Bertz CT molecular complexity index is 2090. The van der Waals surface area contributed by atoms with E-state index >= 15 is 0 Å². The zero-order valence-corrected chi connectivity index (χ0v) is 28.7. The highest BCUT2D eigenvalue weighted by atomic mass is 32.2. The fourth-order valence-corrected chi connectivity index (χ4v) is 7.90. The van der Waals surface area contributed by atoms with Crippen LogP contribution in [0.25, 0.3) is 12.2 Å². The lowest BCUT2D eigenvalue weighted by Gasteiger charge is -2.39. The molecule has 0 saturated heterocycles. The molecular formula is C44H38O3S. The summed E-state index contributed by atoms with van der Waals surface area (Å²) in [7, 11) is 0. The second kappa shape index (κ2) is 13.1. The highest BCUT2D eigenvalue weighted by molar-refractivity contribution is 7.99. The molecule has 2 heterocycles. The van der Waals surface area contributed by atoms with Gasteiger partial charge in [0.25, 0.3) is 0 Å². The lowest BCUT2D eigenvalue weighted by atomic mass is 9.63. The summed E-state index contributed by atoms with van der Waals surface area (Å²) in [6.07, 6.45) is 4.43. The monoisotopic (exact) mass is 646 g/mol. The average Bonchev–Trinajstić information content (AvgIpc) is 3.29. The van der Waals surface area contributed by atoms with Crippen molar-refractivity contribution in [2.45, 2.75) is 49.8 Å². The number of hydrogen-bond acceptors (Lipinski definition) is 4.